The summed E-state index contributed by atoms with van der Waals surface area (Å²) in [5.41, 5.74) is 1.42. The largest absolute Gasteiger partial charge is 0.366 e. The molecule has 1 fully saturated rings. The summed E-state index contributed by atoms with van der Waals surface area (Å²) in [6.07, 6.45) is 3.00. The molecule has 1 amide bonds. The van der Waals surface area contributed by atoms with Gasteiger partial charge in [0.25, 0.3) is 11.6 Å². The van der Waals surface area contributed by atoms with Crippen LogP contribution in [0.3, 0.4) is 0 Å². The molecule has 0 aromatic heterocycles. The molecule has 2 N–H and O–H groups in total. The topological polar surface area (TPSA) is 122 Å². The first-order chi connectivity index (χ1) is 14.1. The summed E-state index contributed by atoms with van der Waals surface area (Å²) in [4.78, 5) is 25.7. The molecular weight excluding hydrogens is 408 g/mol. The summed E-state index contributed by atoms with van der Waals surface area (Å²) < 4.78 is 24.8. The number of piperidine rings is 1. The van der Waals surface area contributed by atoms with Gasteiger partial charge in [-0.05, 0) is 55.2 Å². The molecule has 2 aromatic rings. The number of sulfonamides is 1. The molecule has 2 aromatic carbocycles. The van der Waals surface area contributed by atoms with Crippen molar-refractivity contribution in [3.8, 4) is 0 Å². The average molecular weight is 433 g/mol. The Morgan fingerprint density at radius 3 is 2.27 bits per heavy atom. The van der Waals surface area contributed by atoms with Crippen molar-refractivity contribution in [2.75, 3.05) is 34.3 Å². The third kappa shape index (κ3) is 5.47. The molecule has 30 heavy (non-hydrogen) atoms. The number of benzene rings is 2. The molecule has 0 radical (unpaired) electrons. The molecule has 1 saturated heterocycles. The van der Waals surface area contributed by atoms with Crippen LogP contribution < -0.4 is 14.9 Å². The van der Waals surface area contributed by atoms with Crippen molar-refractivity contribution in [3.63, 3.8) is 0 Å². The van der Waals surface area contributed by atoms with E-state index in [0.717, 1.165) is 32.2 Å². The van der Waals surface area contributed by atoms with Crippen molar-refractivity contribution in [2.45, 2.75) is 19.8 Å². The van der Waals surface area contributed by atoms with Crippen molar-refractivity contribution < 1.29 is 18.1 Å². The highest BCUT2D eigenvalue weighted by Gasteiger charge is 2.24. The van der Waals surface area contributed by atoms with Gasteiger partial charge < -0.3 is 10.2 Å². The summed E-state index contributed by atoms with van der Waals surface area (Å²) in [5.74, 6) is 0.116. The Balaban J connectivity index is 1.76. The lowest BCUT2D eigenvalue weighted by Crippen LogP contribution is -2.33. The van der Waals surface area contributed by atoms with E-state index in [-0.39, 0.29) is 11.3 Å². The molecule has 0 spiro atoms. The SMILES string of the molecule is CC1CCN(c2ccc(C(=O)Nc3ccc(NS(C)(=O)=O)cc3)cc2[N+](=O)[O-])CC1. The van der Waals surface area contributed by atoms with Crippen LogP contribution in [0, 0.1) is 16.0 Å². The number of nitro groups is 1. The molecule has 160 valence electrons. The van der Waals surface area contributed by atoms with Gasteiger partial charge in [-0.1, -0.05) is 6.92 Å². The second-order valence-electron chi connectivity index (χ2n) is 7.54. The van der Waals surface area contributed by atoms with E-state index in [1.54, 1.807) is 24.3 Å². The predicted molar refractivity (Wildman–Crippen MR) is 117 cm³/mol. The van der Waals surface area contributed by atoms with E-state index in [9.17, 15) is 23.3 Å². The van der Waals surface area contributed by atoms with Gasteiger partial charge in [0.15, 0.2) is 0 Å². The zero-order valence-electron chi connectivity index (χ0n) is 16.8. The number of hydrogen-bond acceptors (Lipinski definition) is 6. The van der Waals surface area contributed by atoms with Crippen LogP contribution in [0.5, 0.6) is 0 Å². The third-order valence-corrected chi connectivity index (χ3v) is 5.61. The quantitative estimate of drug-likeness (QED) is 0.533. The van der Waals surface area contributed by atoms with E-state index in [4.69, 9.17) is 0 Å². The molecule has 9 nitrogen and oxygen atoms in total. The van der Waals surface area contributed by atoms with Crippen LogP contribution in [-0.2, 0) is 10.0 Å². The van der Waals surface area contributed by atoms with Crippen LogP contribution in [0.4, 0.5) is 22.7 Å². The standard InChI is InChI=1S/C20H24N4O5S/c1-14-9-11-23(12-10-14)18-8-3-15(13-19(18)24(26)27)20(25)21-16-4-6-17(7-5-16)22-30(2,28)29/h3-8,13-14,22H,9-12H2,1-2H3,(H,21,25). The Hall–Kier alpha value is -3.14. The summed E-state index contributed by atoms with van der Waals surface area (Å²) >= 11 is 0. The number of carbonyl (C=O) groups is 1. The fourth-order valence-corrected chi connectivity index (χ4v) is 3.93. The monoisotopic (exact) mass is 432 g/mol. The van der Waals surface area contributed by atoms with E-state index in [0.29, 0.717) is 23.0 Å². The number of hydrogen-bond donors (Lipinski definition) is 2. The Morgan fingerprint density at radius 2 is 1.70 bits per heavy atom. The van der Waals surface area contributed by atoms with Crippen molar-refractivity contribution >= 4 is 38.7 Å². The highest BCUT2D eigenvalue weighted by Crippen LogP contribution is 2.32. The normalized spacial score (nSPS) is 14.9. The minimum atomic E-state index is -3.39. The summed E-state index contributed by atoms with van der Waals surface area (Å²) in [6.45, 7) is 3.67. The van der Waals surface area contributed by atoms with Crippen molar-refractivity contribution in [1.82, 2.24) is 0 Å². The fraction of sp³-hybridized carbons (Fsp3) is 0.350. The number of nitrogens with zero attached hydrogens (tertiary/aromatic N) is 2. The van der Waals surface area contributed by atoms with E-state index >= 15 is 0 Å². The van der Waals surface area contributed by atoms with E-state index in [1.807, 2.05) is 4.90 Å². The van der Waals surface area contributed by atoms with Crippen LogP contribution >= 0.6 is 0 Å². The van der Waals surface area contributed by atoms with Gasteiger partial charge in [-0.3, -0.25) is 19.6 Å². The van der Waals surface area contributed by atoms with Gasteiger partial charge in [-0.25, -0.2) is 8.42 Å². The summed E-state index contributed by atoms with van der Waals surface area (Å²) in [6, 6.07) is 10.6. The Bertz CT molecular complexity index is 1050. The van der Waals surface area contributed by atoms with Crippen LogP contribution in [0.25, 0.3) is 0 Å². The highest BCUT2D eigenvalue weighted by molar-refractivity contribution is 7.92. The fourth-order valence-electron chi connectivity index (χ4n) is 3.37. The van der Waals surface area contributed by atoms with Crippen LogP contribution in [0.2, 0.25) is 0 Å². The summed E-state index contributed by atoms with van der Waals surface area (Å²) in [5, 5.41) is 14.3. The minimum absolute atomic E-state index is 0.0927. The average Bonchev–Trinajstić information content (AvgIpc) is 2.68. The first-order valence-electron chi connectivity index (χ1n) is 9.55. The maximum absolute atomic E-state index is 12.6. The predicted octanol–water partition coefficient (Wildman–Crippen LogP) is 3.45. The molecule has 1 aliphatic rings. The van der Waals surface area contributed by atoms with Crippen molar-refractivity contribution in [1.29, 1.82) is 0 Å². The smallest absolute Gasteiger partial charge is 0.293 e. The molecule has 0 atom stereocenters. The van der Waals surface area contributed by atoms with Gasteiger partial charge in [-0.2, -0.15) is 0 Å². The Labute approximate surface area is 175 Å². The maximum Gasteiger partial charge on any atom is 0.293 e. The van der Waals surface area contributed by atoms with E-state index in [2.05, 4.69) is 17.0 Å². The highest BCUT2D eigenvalue weighted by atomic mass is 32.2. The maximum atomic E-state index is 12.6. The number of anilines is 3. The number of nitrogens with one attached hydrogen (secondary N) is 2. The van der Waals surface area contributed by atoms with Crippen molar-refractivity contribution in [2.24, 2.45) is 5.92 Å². The molecule has 1 heterocycles. The molecule has 1 aliphatic heterocycles. The molecule has 0 unspecified atom stereocenters. The second kappa shape index (κ2) is 8.70. The van der Waals surface area contributed by atoms with Gasteiger partial charge in [0, 0.05) is 36.1 Å². The number of carbonyl (C=O) groups excluding carboxylic acids is 1. The second-order valence-corrected chi connectivity index (χ2v) is 9.28. The molecule has 0 aliphatic carbocycles. The van der Waals surface area contributed by atoms with Crippen molar-refractivity contribution in [3.05, 3.63) is 58.1 Å². The summed E-state index contributed by atoms with van der Waals surface area (Å²) in [7, 11) is -3.39. The molecule has 3 rings (SSSR count). The van der Waals surface area contributed by atoms with Gasteiger partial charge >= 0.3 is 0 Å². The van der Waals surface area contributed by atoms with Gasteiger partial charge in [0.2, 0.25) is 10.0 Å². The van der Waals surface area contributed by atoms with Gasteiger partial charge in [0.1, 0.15) is 5.69 Å². The molecular formula is C20H24N4O5S. The first kappa shape index (κ1) is 21.6. The Morgan fingerprint density at radius 1 is 1.10 bits per heavy atom. The van der Waals surface area contributed by atoms with Crippen LogP contribution in [0.1, 0.15) is 30.1 Å². The third-order valence-electron chi connectivity index (χ3n) is 5.00. The molecule has 0 bridgehead atoms. The molecule has 10 heteroatoms. The van der Waals surface area contributed by atoms with Crippen LogP contribution in [0.15, 0.2) is 42.5 Å². The van der Waals surface area contributed by atoms with Gasteiger partial charge in [-0.15, -0.1) is 0 Å². The number of nitro benzene ring substituents is 1. The van der Waals surface area contributed by atoms with Gasteiger partial charge in [0.05, 0.1) is 11.2 Å². The van der Waals surface area contributed by atoms with E-state index < -0.39 is 20.9 Å². The lowest BCUT2D eigenvalue weighted by Gasteiger charge is -2.31. The van der Waals surface area contributed by atoms with E-state index in [1.165, 1.54) is 18.2 Å². The molecule has 0 saturated carbocycles. The zero-order chi connectivity index (χ0) is 21.9. The first-order valence-corrected chi connectivity index (χ1v) is 11.4. The Kier molecular flexibility index (Phi) is 6.25. The lowest BCUT2D eigenvalue weighted by molar-refractivity contribution is -0.384. The zero-order valence-corrected chi connectivity index (χ0v) is 17.6. The number of amides is 1. The number of rotatable bonds is 6. The van der Waals surface area contributed by atoms with Crippen LogP contribution in [-0.4, -0.2) is 38.6 Å². The minimum Gasteiger partial charge on any atom is -0.366 e. The lowest BCUT2D eigenvalue weighted by atomic mass is 9.98.